The molecule has 1 aromatic heterocycles. The summed E-state index contributed by atoms with van der Waals surface area (Å²) >= 11 is 5.96. The van der Waals surface area contributed by atoms with Crippen LogP contribution in [0.15, 0.2) is 65.7 Å². The van der Waals surface area contributed by atoms with Crippen molar-refractivity contribution in [2.75, 3.05) is 11.1 Å². The van der Waals surface area contributed by atoms with E-state index in [0.717, 1.165) is 5.56 Å². The maximum Gasteiger partial charge on any atom is 0.255 e. The van der Waals surface area contributed by atoms with Crippen molar-refractivity contribution in [1.82, 2.24) is 4.98 Å². The second kappa shape index (κ2) is 8.80. The Balaban J connectivity index is 1.49. The van der Waals surface area contributed by atoms with Gasteiger partial charge in [-0.2, -0.15) is 0 Å². The van der Waals surface area contributed by atoms with Gasteiger partial charge in [0.15, 0.2) is 21.4 Å². The number of rotatable bonds is 7. The van der Waals surface area contributed by atoms with Gasteiger partial charge in [0.25, 0.3) is 5.91 Å². The predicted molar refractivity (Wildman–Crippen MR) is 124 cm³/mol. The van der Waals surface area contributed by atoms with Gasteiger partial charge >= 0.3 is 0 Å². The SMILES string of the molecule is C[C@@H](Oc1cc(Cl)cnc1N)c1cccc(NC(=O)c2cccc(S(=O)(=O)C3CC3)c2)c1. The van der Waals surface area contributed by atoms with Gasteiger partial charge in [-0.05, 0) is 55.7 Å². The van der Waals surface area contributed by atoms with E-state index < -0.39 is 15.7 Å². The summed E-state index contributed by atoms with van der Waals surface area (Å²) in [5, 5.41) is 2.89. The molecule has 4 rings (SSSR count). The predicted octanol–water partition coefficient (Wildman–Crippen LogP) is 4.65. The Morgan fingerprint density at radius 1 is 1.19 bits per heavy atom. The van der Waals surface area contributed by atoms with Crippen LogP contribution in [0.25, 0.3) is 0 Å². The third-order valence-electron chi connectivity index (χ3n) is 5.15. The normalized spacial score (nSPS) is 14.6. The molecule has 166 valence electrons. The summed E-state index contributed by atoms with van der Waals surface area (Å²) in [6.45, 7) is 1.84. The average Bonchev–Trinajstić information content (AvgIpc) is 3.63. The lowest BCUT2D eigenvalue weighted by atomic mass is 10.1. The number of aromatic nitrogens is 1. The highest BCUT2D eigenvalue weighted by molar-refractivity contribution is 7.92. The van der Waals surface area contributed by atoms with Crippen LogP contribution in [0.1, 0.15) is 41.8 Å². The van der Waals surface area contributed by atoms with E-state index >= 15 is 0 Å². The van der Waals surface area contributed by atoms with E-state index in [9.17, 15) is 13.2 Å². The Morgan fingerprint density at radius 2 is 1.94 bits per heavy atom. The van der Waals surface area contributed by atoms with Crippen LogP contribution in [-0.4, -0.2) is 24.6 Å². The number of nitrogens with zero attached hydrogens (tertiary/aromatic N) is 1. The molecule has 3 aromatic rings. The van der Waals surface area contributed by atoms with E-state index in [1.54, 1.807) is 36.4 Å². The molecule has 0 aliphatic heterocycles. The number of nitrogens with two attached hydrogens (primary N) is 1. The number of anilines is 2. The fraction of sp³-hybridized carbons (Fsp3) is 0.217. The number of halogens is 1. The fourth-order valence-corrected chi connectivity index (χ4v) is 5.09. The zero-order valence-corrected chi connectivity index (χ0v) is 18.9. The molecule has 1 heterocycles. The number of benzene rings is 2. The van der Waals surface area contributed by atoms with E-state index in [-0.39, 0.29) is 27.6 Å². The van der Waals surface area contributed by atoms with Crippen molar-refractivity contribution in [3.8, 4) is 5.75 Å². The van der Waals surface area contributed by atoms with Gasteiger partial charge < -0.3 is 15.8 Å². The van der Waals surface area contributed by atoms with Gasteiger partial charge in [0.1, 0.15) is 6.10 Å². The molecule has 3 N–H and O–H groups in total. The largest absolute Gasteiger partial charge is 0.482 e. The van der Waals surface area contributed by atoms with E-state index in [2.05, 4.69) is 10.3 Å². The minimum atomic E-state index is -3.37. The van der Waals surface area contributed by atoms with Crippen molar-refractivity contribution in [1.29, 1.82) is 0 Å². The van der Waals surface area contributed by atoms with Crippen molar-refractivity contribution in [3.05, 3.63) is 76.9 Å². The van der Waals surface area contributed by atoms with Gasteiger partial charge in [0, 0.05) is 23.5 Å². The van der Waals surface area contributed by atoms with Gasteiger partial charge in [0.2, 0.25) is 0 Å². The van der Waals surface area contributed by atoms with Gasteiger partial charge in [-0.3, -0.25) is 4.79 Å². The summed E-state index contributed by atoms with van der Waals surface area (Å²) < 4.78 is 30.8. The molecule has 0 saturated heterocycles. The quantitative estimate of drug-likeness (QED) is 0.519. The molecule has 0 radical (unpaired) electrons. The lowest BCUT2D eigenvalue weighted by Crippen LogP contribution is -2.14. The molecule has 1 fully saturated rings. The number of amides is 1. The number of carbonyl (C=O) groups is 1. The summed E-state index contributed by atoms with van der Waals surface area (Å²) in [6, 6.07) is 14.9. The number of nitrogen functional groups attached to an aromatic ring is 1. The Bertz CT molecular complexity index is 1280. The molecule has 0 bridgehead atoms. The minimum absolute atomic E-state index is 0.177. The zero-order valence-electron chi connectivity index (χ0n) is 17.3. The van der Waals surface area contributed by atoms with Crippen LogP contribution < -0.4 is 15.8 Å². The lowest BCUT2D eigenvalue weighted by Gasteiger charge is -2.17. The van der Waals surface area contributed by atoms with Crippen LogP contribution in [0.3, 0.4) is 0 Å². The van der Waals surface area contributed by atoms with Crippen molar-refractivity contribution in [3.63, 3.8) is 0 Å². The van der Waals surface area contributed by atoms with Crippen LogP contribution in [0.5, 0.6) is 5.75 Å². The Morgan fingerprint density at radius 3 is 2.69 bits per heavy atom. The van der Waals surface area contributed by atoms with Crippen molar-refractivity contribution >= 4 is 38.9 Å². The summed E-state index contributed by atoms with van der Waals surface area (Å²) in [7, 11) is -3.37. The van der Waals surface area contributed by atoms with E-state index in [1.807, 2.05) is 13.0 Å². The molecule has 1 aliphatic carbocycles. The van der Waals surface area contributed by atoms with Crippen LogP contribution in [0.2, 0.25) is 5.02 Å². The molecule has 32 heavy (non-hydrogen) atoms. The number of sulfone groups is 1. The summed E-state index contributed by atoms with van der Waals surface area (Å²) in [5.74, 6) is 0.201. The molecule has 1 saturated carbocycles. The molecular weight excluding hydrogens is 450 g/mol. The molecule has 1 aliphatic rings. The first-order chi connectivity index (χ1) is 15.2. The average molecular weight is 472 g/mol. The number of nitrogens with one attached hydrogen (secondary N) is 1. The number of carbonyl (C=O) groups excluding carboxylic acids is 1. The van der Waals surface area contributed by atoms with Crippen LogP contribution in [0.4, 0.5) is 11.5 Å². The van der Waals surface area contributed by atoms with Crippen LogP contribution in [-0.2, 0) is 9.84 Å². The second-order valence-electron chi connectivity index (χ2n) is 7.65. The summed E-state index contributed by atoms with van der Waals surface area (Å²) in [5.41, 5.74) is 7.47. The minimum Gasteiger partial charge on any atom is -0.482 e. The zero-order chi connectivity index (χ0) is 22.9. The van der Waals surface area contributed by atoms with Gasteiger partial charge in [-0.15, -0.1) is 0 Å². The third kappa shape index (κ3) is 4.87. The van der Waals surface area contributed by atoms with E-state index in [4.69, 9.17) is 22.1 Å². The molecule has 9 heteroatoms. The first-order valence-corrected chi connectivity index (χ1v) is 12.0. The van der Waals surface area contributed by atoms with Crippen molar-refractivity contribution in [2.45, 2.75) is 36.0 Å². The third-order valence-corrected chi connectivity index (χ3v) is 7.62. The Labute approximate surface area is 191 Å². The first-order valence-electron chi connectivity index (χ1n) is 10.1. The highest BCUT2D eigenvalue weighted by atomic mass is 35.5. The highest BCUT2D eigenvalue weighted by Crippen LogP contribution is 2.34. The number of ether oxygens (including phenoxy) is 1. The molecule has 1 atom stereocenters. The monoisotopic (exact) mass is 471 g/mol. The van der Waals surface area contributed by atoms with E-state index in [0.29, 0.717) is 29.3 Å². The van der Waals surface area contributed by atoms with Crippen molar-refractivity contribution in [2.24, 2.45) is 0 Å². The Hall–Kier alpha value is -3.10. The number of hydrogen-bond donors (Lipinski definition) is 2. The Kier molecular flexibility index (Phi) is 6.08. The maximum absolute atomic E-state index is 12.8. The molecule has 2 aromatic carbocycles. The molecule has 0 spiro atoms. The fourth-order valence-electron chi connectivity index (χ4n) is 3.24. The maximum atomic E-state index is 12.8. The molecule has 0 unspecified atom stereocenters. The summed E-state index contributed by atoms with van der Waals surface area (Å²) in [6.07, 6.45) is 2.39. The lowest BCUT2D eigenvalue weighted by molar-refractivity contribution is 0.102. The number of pyridine rings is 1. The molecule has 7 nitrogen and oxygen atoms in total. The summed E-state index contributed by atoms with van der Waals surface area (Å²) in [4.78, 5) is 16.9. The van der Waals surface area contributed by atoms with Crippen LogP contribution >= 0.6 is 11.6 Å². The van der Waals surface area contributed by atoms with Gasteiger partial charge in [-0.1, -0.05) is 29.8 Å². The topological polar surface area (TPSA) is 111 Å². The van der Waals surface area contributed by atoms with Gasteiger partial charge in [0.05, 0.1) is 15.2 Å². The van der Waals surface area contributed by atoms with E-state index in [1.165, 1.54) is 18.3 Å². The number of hydrogen-bond acceptors (Lipinski definition) is 6. The van der Waals surface area contributed by atoms with Crippen LogP contribution in [0, 0.1) is 0 Å². The standard InChI is InChI=1S/C23H22ClN3O4S/c1-14(31-21-12-17(24)13-26-22(21)25)15-4-2-6-18(10-15)27-23(28)16-5-3-7-20(11-16)32(29,30)19-8-9-19/h2-7,10-14,19H,8-9H2,1H3,(H2,25,26)(H,27,28)/t14-/m1/s1. The van der Waals surface area contributed by atoms with Gasteiger partial charge in [-0.25, -0.2) is 13.4 Å². The first kappa shape index (κ1) is 22.1. The molecule has 1 amide bonds. The highest BCUT2D eigenvalue weighted by Gasteiger charge is 2.37. The van der Waals surface area contributed by atoms with Crippen molar-refractivity contribution < 1.29 is 17.9 Å². The second-order valence-corrected chi connectivity index (χ2v) is 10.3. The smallest absolute Gasteiger partial charge is 0.255 e. The molecular formula is C23H22ClN3O4S.